The van der Waals surface area contributed by atoms with Crippen molar-refractivity contribution in [2.24, 2.45) is 17.8 Å². The number of rotatable bonds is 3. The molecular weight excluding hydrogens is 343 g/mol. The van der Waals surface area contributed by atoms with E-state index < -0.39 is 5.82 Å². The lowest BCUT2D eigenvalue weighted by molar-refractivity contribution is 0.0854. The van der Waals surface area contributed by atoms with Gasteiger partial charge in [-0.25, -0.2) is 4.39 Å². The first-order valence-corrected chi connectivity index (χ1v) is 8.26. The van der Waals surface area contributed by atoms with Crippen molar-refractivity contribution in [3.63, 3.8) is 0 Å². The van der Waals surface area contributed by atoms with Gasteiger partial charge in [0.2, 0.25) is 0 Å². The Labute approximate surface area is 133 Å². The molecular formula is C16H19BrClFO. The molecule has 0 saturated heterocycles. The molecule has 1 aromatic rings. The molecule has 110 valence electrons. The number of hydrogen-bond acceptors (Lipinski definition) is 1. The maximum Gasteiger partial charge on any atom is 0.168 e. The van der Waals surface area contributed by atoms with Crippen LogP contribution in [0.3, 0.4) is 0 Å². The normalized spacial score (nSPS) is 23.1. The van der Waals surface area contributed by atoms with E-state index in [0.29, 0.717) is 16.3 Å². The summed E-state index contributed by atoms with van der Waals surface area (Å²) in [4.78, 5) is 12.4. The third-order valence-electron chi connectivity index (χ3n) is 4.39. The van der Waals surface area contributed by atoms with Crippen LogP contribution in [-0.4, -0.2) is 5.78 Å². The van der Waals surface area contributed by atoms with Gasteiger partial charge in [-0.15, -0.1) is 0 Å². The first-order valence-electron chi connectivity index (χ1n) is 7.09. The van der Waals surface area contributed by atoms with Crippen LogP contribution in [0, 0.1) is 23.6 Å². The summed E-state index contributed by atoms with van der Waals surface area (Å²) in [6.45, 7) is 4.45. The number of ketones is 1. The number of carbonyl (C=O) groups excluding carboxylic acids is 1. The fourth-order valence-corrected chi connectivity index (χ4v) is 3.46. The summed E-state index contributed by atoms with van der Waals surface area (Å²) < 4.78 is 14.6. The second-order valence-electron chi connectivity index (χ2n) is 5.94. The maximum atomic E-state index is 14.1. The van der Waals surface area contributed by atoms with Gasteiger partial charge in [0.1, 0.15) is 0 Å². The molecule has 20 heavy (non-hydrogen) atoms. The van der Waals surface area contributed by atoms with Gasteiger partial charge in [0, 0.05) is 10.4 Å². The first kappa shape index (κ1) is 16.0. The molecule has 0 radical (unpaired) electrons. The lowest BCUT2D eigenvalue weighted by Crippen LogP contribution is -2.24. The molecule has 0 amide bonds. The molecule has 1 saturated carbocycles. The average Bonchev–Trinajstić information content (AvgIpc) is 2.44. The standard InChI is InChI=1S/C16H19BrClFO/c1-9(2)10-3-5-11(6-4-10)16(20)12-7-8-13(17)14(18)15(12)19/h7-11H,3-6H2,1-2H3. The van der Waals surface area contributed by atoms with E-state index in [1.807, 2.05) is 0 Å². The van der Waals surface area contributed by atoms with Gasteiger partial charge in [0.15, 0.2) is 11.6 Å². The summed E-state index contributed by atoms with van der Waals surface area (Å²) in [6.07, 6.45) is 3.82. The Bertz CT molecular complexity index is 507. The van der Waals surface area contributed by atoms with Crippen LogP contribution in [0.15, 0.2) is 16.6 Å². The SMILES string of the molecule is CC(C)C1CCC(C(=O)c2ccc(Br)c(Cl)c2F)CC1. The zero-order valence-electron chi connectivity index (χ0n) is 11.8. The molecule has 4 heteroatoms. The van der Waals surface area contributed by atoms with Gasteiger partial charge in [-0.3, -0.25) is 4.79 Å². The lowest BCUT2D eigenvalue weighted by Gasteiger charge is -2.30. The van der Waals surface area contributed by atoms with Crippen molar-refractivity contribution in [3.8, 4) is 0 Å². The summed E-state index contributed by atoms with van der Waals surface area (Å²) in [5, 5.41) is -0.00767. The Kier molecular flexibility index (Phi) is 5.25. The second-order valence-corrected chi connectivity index (χ2v) is 7.18. The van der Waals surface area contributed by atoms with E-state index in [4.69, 9.17) is 11.6 Å². The highest BCUT2D eigenvalue weighted by Gasteiger charge is 2.30. The largest absolute Gasteiger partial charge is 0.294 e. The third-order valence-corrected chi connectivity index (χ3v) is 5.64. The molecule has 0 atom stereocenters. The Morgan fingerprint density at radius 1 is 1.30 bits per heavy atom. The number of halogens is 3. The number of benzene rings is 1. The van der Waals surface area contributed by atoms with Gasteiger partial charge in [-0.05, 0) is 65.6 Å². The monoisotopic (exact) mass is 360 g/mol. The number of carbonyl (C=O) groups is 1. The Morgan fingerprint density at radius 3 is 2.45 bits per heavy atom. The highest BCUT2D eigenvalue weighted by Crippen LogP contribution is 2.36. The molecule has 1 fully saturated rings. The van der Waals surface area contributed by atoms with Crippen molar-refractivity contribution < 1.29 is 9.18 Å². The minimum Gasteiger partial charge on any atom is -0.294 e. The summed E-state index contributed by atoms with van der Waals surface area (Å²) in [5.41, 5.74) is 0.131. The third kappa shape index (κ3) is 3.25. The molecule has 0 N–H and O–H groups in total. The first-order chi connectivity index (χ1) is 9.41. The predicted octanol–water partition coefficient (Wildman–Crippen LogP) is 5.89. The van der Waals surface area contributed by atoms with Gasteiger partial charge in [0.05, 0.1) is 10.6 Å². The Hall–Kier alpha value is -0.410. The highest BCUT2D eigenvalue weighted by molar-refractivity contribution is 9.10. The predicted molar refractivity (Wildman–Crippen MR) is 83.7 cm³/mol. The van der Waals surface area contributed by atoms with Crippen LogP contribution in [0.2, 0.25) is 5.02 Å². The molecule has 1 aliphatic rings. The maximum absolute atomic E-state index is 14.1. The van der Waals surface area contributed by atoms with Gasteiger partial charge in [-0.1, -0.05) is 25.4 Å². The van der Waals surface area contributed by atoms with E-state index in [1.54, 1.807) is 6.07 Å². The van der Waals surface area contributed by atoms with E-state index in [2.05, 4.69) is 29.8 Å². The van der Waals surface area contributed by atoms with E-state index in [0.717, 1.165) is 25.7 Å². The minimum absolute atomic E-state index is 0.00767. The van der Waals surface area contributed by atoms with Crippen LogP contribution in [0.1, 0.15) is 49.9 Å². The van der Waals surface area contributed by atoms with Crippen LogP contribution < -0.4 is 0 Å². The average molecular weight is 362 g/mol. The van der Waals surface area contributed by atoms with Crippen molar-refractivity contribution in [1.82, 2.24) is 0 Å². The van der Waals surface area contributed by atoms with Crippen LogP contribution in [0.5, 0.6) is 0 Å². The van der Waals surface area contributed by atoms with Crippen molar-refractivity contribution in [1.29, 1.82) is 0 Å². The zero-order chi connectivity index (χ0) is 14.9. The molecule has 0 aliphatic heterocycles. The fraction of sp³-hybridized carbons (Fsp3) is 0.562. The zero-order valence-corrected chi connectivity index (χ0v) is 14.1. The molecule has 0 unspecified atom stereocenters. The van der Waals surface area contributed by atoms with Gasteiger partial charge in [-0.2, -0.15) is 0 Å². The molecule has 1 aliphatic carbocycles. The van der Waals surface area contributed by atoms with E-state index in [-0.39, 0.29) is 22.3 Å². The van der Waals surface area contributed by atoms with Gasteiger partial charge >= 0.3 is 0 Å². The summed E-state index contributed by atoms with van der Waals surface area (Å²) >= 11 is 9.02. The van der Waals surface area contributed by atoms with Gasteiger partial charge < -0.3 is 0 Å². The Balaban J connectivity index is 2.12. The Morgan fingerprint density at radius 2 is 1.90 bits per heavy atom. The van der Waals surface area contributed by atoms with E-state index in [1.165, 1.54) is 6.07 Å². The van der Waals surface area contributed by atoms with Crippen molar-refractivity contribution >= 4 is 33.3 Å². The van der Waals surface area contributed by atoms with Crippen molar-refractivity contribution in [2.75, 3.05) is 0 Å². The lowest BCUT2D eigenvalue weighted by atomic mass is 9.75. The summed E-state index contributed by atoms with van der Waals surface area (Å²) in [5.74, 6) is 0.593. The summed E-state index contributed by atoms with van der Waals surface area (Å²) in [6, 6.07) is 3.17. The highest BCUT2D eigenvalue weighted by atomic mass is 79.9. The molecule has 1 aromatic carbocycles. The van der Waals surface area contributed by atoms with Gasteiger partial charge in [0.25, 0.3) is 0 Å². The minimum atomic E-state index is -0.600. The van der Waals surface area contributed by atoms with Crippen LogP contribution in [-0.2, 0) is 0 Å². The quantitative estimate of drug-likeness (QED) is 0.485. The molecule has 2 rings (SSSR count). The van der Waals surface area contributed by atoms with Crippen LogP contribution in [0.4, 0.5) is 4.39 Å². The molecule has 0 bridgehead atoms. The fourth-order valence-electron chi connectivity index (χ4n) is 2.98. The molecule has 0 spiro atoms. The van der Waals surface area contributed by atoms with Crippen molar-refractivity contribution in [3.05, 3.63) is 33.0 Å². The molecule has 0 aromatic heterocycles. The summed E-state index contributed by atoms with van der Waals surface area (Å²) in [7, 11) is 0. The van der Waals surface area contributed by atoms with Crippen LogP contribution in [0.25, 0.3) is 0 Å². The van der Waals surface area contributed by atoms with E-state index in [9.17, 15) is 9.18 Å². The topological polar surface area (TPSA) is 17.1 Å². The molecule has 0 heterocycles. The second kappa shape index (κ2) is 6.57. The van der Waals surface area contributed by atoms with Crippen LogP contribution >= 0.6 is 27.5 Å². The number of hydrogen-bond donors (Lipinski definition) is 0. The van der Waals surface area contributed by atoms with E-state index >= 15 is 0 Å². The smallest absolute Gasteiger partial charge is 0.168 e. The van der Waals surface area contributed by atoms with Crippen molar-refractivity contribution in [2.45, 2.75) is 39.5 Å². The number of Topliss-reactive ketones (excluding diaryl/α,β-unsaturated/α-hetero) is 1. The molecule has 1 nitrogen and oxygen atoms in total.